The maximum absolute atomic E-state index is 4.73. The zero-order valence-electron chi connectivity index (χ0n) is 13.4. The molecule has 0 spiro atoms. The number of hydrogen-bond acceptors (Lipinski definition) is 4. The zero-order valence-corrected chi connectivity index (χ0v) is 14.2. The van der Waals surface area contributed by atoms with Crippen molar-refractivity contribution in [1.29, 1.82) is 0 Å². The average molecular weight is 303 g/mol. The summed E-state index contributed by atoms with van der Waals surface area (Å²) < 4.78 is 0. The quantitative estimate of drug-likeness (QED) is 0.838. The predicted molar refractivity (Wildman–Crippen MR) is 92.0 cm³/mol. The molecule has 0 aliphatic carbocycles. The summed E-state index contributed by atoms with van der Waals surface area (Å²) in [7, 11) is 0. The van der Waals surface area contributed by atoms with Crippen molar-refractivity contribution in [2.24, 2.45) is 0 Å². The van der Waals surface area contributed by atoms with Crippen LogP contribution in [0.2, 0.25) is 0 Å². The van der Waals surface area contributed by atoms with Gasteiger partial charge in [-0.15, -0.1) is 11.3 Å². The molecule has 4 heteroatoms. The molecule has 0 saturated heterocycles. The molecule has 0 atom stereocenters. The highest BCUT2D eigenvalue weighted by atomic mass is 32.1. The number of benzene rings is 1. The van der Waals surface area contributed by atoms with Crippen molar-refractivity contribution in [2.75, 3.05) is 11.4 Å². The molecule has 0 unspecified atom stereocenters. The van der Waals surface area contributed by atoms with E-state index in [0.717, 1.165) is 25.3 Å². The van der Waals surface area contributed by atoms with Crippen molar-refractivity contribution in [3.8, 4) is 0 Å². The Bertz CT molecular complexity index is 545. The topological polar surface area (TPSA) is 28.2 Å². The molecule has 0 aliphatic heterocycles. The number of rotatable bonds is 7. The van der Waals surface area contributed by atoms with Gasteiger partial charge in [-0.25, -0.2) is 4.98 Å². The Morgan fingerprint density at radius 2 is 1.95 bits per heavy atom. The van der Waals surface area contributed by atoms with Gasteiger partial charge in [0.25, 0.3) is 0 Å². The van der Waals surface area contributed by atoms with Gasteiger partial charge in [-0.2, -0.15) is 0 Å². The van der Waals surface area contributed by atoms with E-state index in [1.54, 1.807) is 11.3 Å². The molecule has 0 saturated carbocycles. The van der Waals surface area contributed by atoms with Crippen LogP contribution in [0, 0.1) is 6.92 Å². The number of anilines is 1. The molecule has 0 amide bonds. The minimum absolute atomic E-state index is 0.497. The third-order valence-electron chi connectivity index (χ3n) is 3.39. The van der Waals surface area contributed by atoms with Crippen LogP contribution in [-0.2, 0) is 13.1 Å². The fraction of sp³-hybridized carbons (Fsp3) is 0.471. The van der Waals surface area contributed by atoms with E-state index in [1.165, 1.54) is 16.3 Å². The van der Waals surface area contributed by atoms with Crippen molar-refractivity contribution in [3.63, 3.8) is 0 Å². The Hall–Kier alpha value is -1.39. The predicted octanol–water partition coefficient (Wildman–Crippen LogP) is 3.98. The fourth-order valence-corrected chi connectivity index (χ4v) is 2.87. The van der Waals surface area contributed by atoms with Crippen LogP contribution in [0.15, 0.2) is 29.6 Å². The van der Waals surface area contributed by atoms with E-state index in [2.05, 4.69) is 67.6 Å². The first kappa shape index (κ1) is 16.0. The highest BCUT2D eigenvalue weighted by Crippen LogP contribution is 2.19. The monoisotopic (exact) mass is 303 g/mol. The van der Waals surface area contributed by atoms with Crippen LogP contribution < -0.4 is 10.2 Å². The van der Waals surface area contributed by atoms with Crippen LogP contribution in [0.1, 0.15) is 37.0 Å². The number of aromatic nitrogens is 1. The first-order chi connectivity index (χ1) is 10.1. The van der Waals surface area contributed by atoms with E-state index in [9.17, 15) is 0 Å². The Kier molecular flexibility index (Phi) is 5.76. The molecule has 3 nitrogen and oxygen atoms in total. The summed E-state index contributed by atoms with van der Waals surface area (Å²) in [6.07, 6.45) is 0. The van der Waals surface area contributed by atoms with Gasteiger partial charge in [0.05, 0.1) is 12.2 Å². The minimum atomic E-state index is 0.497. The second-order valence-electron chi connectivity index (χ2n) is 5.62. The number of thiazole rings is 1. The lowest BCUT2D eigenvalue weighted by Crippen LogP contribution is -2.23. The van der Waals surface area contributed by atoms with E-state index in [1.807, 2.05) is 0 Å². The van der Waals surface area contributed by atoms with Gasteiger partial charge in [-0.05, 0) is 26.0 Å². The summed E-state index contributed by atoms with van der Waals surface area (Å²) in [5.74, 6) is 0. The molecule has 1 aromatic carbocycles. The van der Waals surface area contributed by atoms with Gasteiger partial charge in [-0.3, -0.25) is 0 Å². The lowest BCUT2D eigenvalue weighted by atomic mass is 10.2. The number of nitrogens with zero attached hydrogens (tertiary/aromatic N) is 2. The fourth-order valence-electron chi connectivity index (χ4n) is 2.13. The van der Waals surface area contributed by atoms with Gasteiger partial charge in [-0.1, -0.05) is 31.5 Å². The van der Waals surface area contributed by atoms with Crippen LogP contribution in [0.5, 0.6) is 0 Å². The first-order valence-electron chi connectivity index (χ1n) is 7.56. The summed E-state index contributed by atoms with van der Waals surface area (Å²) in [6, 6.07) is 9.20. The molecule has 114 valence electrons. The largest absolute Gasteiger partial charge is 0.366 e. The third-order valence-corrected chi connectivity index (χ3v) is 4.29. The maximum Gasteiger partial charge on any atom is 0.107 e. The third kappa shape index (κ3) is 4.83. The van der Waals surface area contributed by atoms with Crippen LogP contribution in [-0.4, -0.2) is 17.6 Å². The Balaban J connectivity index is 2.00. The van der Waals surface area contributed by atoms with Crippen LogP contribution in [0.4, 0.5) is 5.69 Å². The molecular weight excluding hydrogens is 278 g/mol. The molecule has 0 bridgehead atoms. The van der Waals surface area contributed by atoms with E-state index >= 15 is 0 Å². The maximum atomic E-state index is 4.73. The van der Waals surface area contributed by atoms with E-state index in [0.29, 0.717) is 6.04 Å². The van der Waals surface area contributed by atoms with E-state index in [-0.39, 0.29) is 0 Å². The van der Waals surface area contributed by atoms with Gasteiger partial charge in [0.1, 0.15) is 5.01 Å². The van der Waals surface area contributed by atoms with Gasteiger partial charge >= 0.3 is 0 Å². The van der Waals surface area contributed by atoms with Crippen LogP contribution >= 0.6 is 11.3 Å². The Labute approximate surface area is 132 Å². The van der Waals surface area contributed by atoms with E-state index in [4.69, 9.17) is 4.98 Å². The van der Waals surface area contributed by atoms with Crippen molar-refractivity contribution in [2.45, 2.75) is 46.8 Å². The second-order valence-corrected chi connectivity index (χ2v) is 6.56. The zero-order chi connectivity index (χ0) is 15.2. The standard InChI is InChI=1S/C17H25N3S/c1-5-20(16-8-6-14(4)7-9-16)11-15-12-21-17(19-15)10-18-13(2)3/h6-9,12-13,18H,5,10-11H2,1-4H3. The summed E-state index contributed by atoms with van der Waals surface area (Å²) in [6.45, 7) is 11.3. The average Bonchev–Trinajstić information content (AvgIpc) is 2.91. The summed E-state index contributed by atoms with van der Waals surface area (Å²) >= 11 is 1.74. The van der Waals surface area contributed by atoms with Gasteiger partial charge in [0.2, 0.25) is 0 Å². The van der Waals surface area contributed by atoms with Crippen LogP contribution in [0.3, 0.4) is 0 Å². The highest BCUT2D eigenvalue weighted by Gasteiger charge is 2.08. The molecular formula is C17H25N3S. The van der Waals surface area contributed by atoms with Crippen LogP contribution in [0.25, 0.3) is 0 Å². The molecule has 2 aromatic rings. The Morgan fingerprint density at radius 3 is 2.57 bits per heavy atom. The molecule has 1 N–H and O–H groups in total. The number of aryl methyl sites for hydroxylation is 1. The highest BCUT2D eigenvalue weighted by molar-refractivity contribution is 7.09. The lowest BCUT2D eigenvalue weighted by molar-refractivity contribution is 0.586. The van der Waals surface area contributed by atoms with Crippen molar-refractivity contribution in [1.82, 2.24) is 10.3 Å². The molecule has 1 aromatic heterocycles. The normalized spacial score (nSPS) is 11.1. The minimum Gasteiger partial charge on any atom is -0.366 e. The number of hydrogen-bond donors (Lipinski definition) is 1. The van der Waals surface area contributed by atoms with Gasteiger partial charge in [0.15, 0.2) is 0 Å². The van der Waals surface area contributed by atoms with Crippen molar-refractivity contribution >= 4 is 17.0 Å². The number of nitrogens with one attached hydrogen (secondary N) is 1. The first-order valence-corrected chi connectivity index (χ1v) is 8.44. The lowest BCUT2D eigenvalue weighted by Gasteiger charge is -2.22. The smallest absolute Gasteiger partial charge is 0.107 e. The second kappa shape index (κ2) is 7.57. The summed E-state index contributed by atoms with van der Waals surface area (Å²) in [4.78, 5) is 7.08. The van der Waals surface area contributed by atoms with E-state index < -0.39 is 0 Å². The SMILES string of the molecule is CCN(Cc1csc(CNC(C)C)n1)c1ccc(C)cc1. The molecule has 21 heavy (non-hydrogen) atoms. The molecule has 1 heterocycles. The van der Waals surface area contributed by atoms with Gasteiger partial charge in [0, 0.05) is 30.2 Å². The Morgan fingerprint density at radius 1 is 1.24 bits per heavy atom. The summed E-state index contributed by atoms with van der Waals surface area (Å²) in [5.41, 5.74) is 3.71. The molecule has 2 rings (SSSR count). The molecule has 0 fully saturated rings. The van der Waals surface area contributed by atoms with Crippen molar-refractivity contribution in [3.05, 3.63) is 45.9 Å². The van der Waals surface area contributed by atoms with Crippen molar-refractivity contribution < 1.29 is 0 Å². The molecule has 0 aliphatic rings. The molecule has 0 radical (unpaired) electrons. The van der Waals surface area contributed by atoms with Gasteiger partial charge < -0.3 is 10.2 Å². The summed E-state index contributed by atoms with van der Waals surface area (Å²) in [5, 5.41) is 6.75.